The van der Waals surface area contributed by atoms with Gasteiger partial charge in [-0.15, -0.1) is 0 Å². The van der Waals surface area contributed by atoms with Crippen molar-refractivity contribution >= 4 is 28.7 Å². The average molecular weight is 516 g/mol. The molecule has 0 saturated heterocycles. The Morgan fingerprint density at radius 1 is 0.946 bits per heavy atom. The number of amides is 3. The first kappa shape index (κ1) is 30.0. The van der Waals surface area contributed by atoms with Crippen LogP contribution in [0.5, 0.6) is 0 Å². The van der Waals surface area contributed by atoms with Crippen molar-refractivity contribution in [1.82, 2.24) is 16.0 Å². The molecule has 2 aromatic rings. The summed E-state index contributed by atoms with van der Waals surface area (Å²) in [4.78, 5) is 50.9. The van der Waals surface area contributed by atoms with Crippen molar-refractivity contribution in [2.24, 2.45) is 23.3 Å². The van der Waals surface area contributed by atoms with Crippen LogP contribution in [0.4, 0.5) is 0 Å². The number of para-hydroxylation sites is 1. The summed E-state index contributed by atoms with van der Waals surface area (Å²) in [6, 6.07) is 6.00. The van der Waals surface area contributed by atoms with Gasteiger partial charge in [-0.05, 0) is 55.7 Å². The minimum absolute atomic E-state index is 0.0869. The van der Waals surface area contributed by atoms with Gasteiger partial charge in [-0.25, -0.2) is 4.79 Å². The zero-order chi connectivity index (χ0) is 27.5. The number of carbonyl (C=O) groups is 3. The van der Waals surface area contributed by atoms with E-state index in [-0.39, 0.29) is 18.4 Å². The van der Waals surface area contributed by atoms with Crippen LogP contribution in [0.25, 0.3) is 11.0 Å². The Kier molecular flexibility index (Phi) is 11.7. The van der Waals surface area contributed by atoms with Crippen LogP contribution in [0.3, 0.4) is 0 Å². The molecule has 2 rings (SSSR count). The van der Waals surface area contributed by atoms with Crippen molar-refractivity contribution in [3.63, 3.8) is 0 Å². The van der Waals surface area contributed by atoms with Gasteiger partial charge < -0.3 is 31.8 Å². The third kappa shape index (κ3) is 9.29. The van der Waals surface area contributed by atoms with E-state index in [2.05, 4.69) is 16.0 Å². The van der Waals surface area contributed by atoms with E-state index in [4.69, 9.17) is 15.9 Å². The highest BCUT2D eigenvalue weighted by atomic mass is 16.4. The number of benzene rings is 1. The lowest BCUT2D eigenvalue weighted by Gasteiger charge is -2.26. The maximum Gasteiger partial charge on any atom is 0.336 e. The Morgan fingerprint density at radius 3 is 2.27 bits per heavy atom. The van der Waals surface area contributed by atoms with E-state index in [1.165, 1.54) is 6.07 Å². The van der Waals surface area contributed by atoms with Crippen LogP contribution in [0.15, 0.2) is 39.5 Å². The number of rotatable bonds is 14. The molecule has 37 heavy (non-hydrogen) atoms. The summed E-state index contributed by atoms with van der Waals surface area (Å²) < 4.78 is 5.22. The zero-order valence-corrected chi connectivity index (χ0v) is 22.2. The van der Waals surface area contributed by atoms with Gasteiger partial charge in [0, 0.05) is 18.0 Å². The van der Waals surface area contributed by atoms with Crippen molar-refractivity contribution in [1.29, 1.82) is 0 Å². The third-order valence-electron chi connectivity index (χ3n) is 6.13. The molecule has 0 unspecified atom stereocenters. The number of fused-ring (bicyclic) bond motifs is 1. The van der Waals surface area contributed by atoms with Crippen molar-refractivity contribution in [3.05, 3.63) is 46.3 Å². The minimum atomic E-state index is -0.837. The summed E-state index contributed by atoms with van der Waals surface area (Å²) in [5.74, 6) is -1.22. The second-order valence-corrected chi connectivity index (χ2v) is 10.1. The molecule has 0 aliphatic rings. The topological polar surface area (TPSA) is 170 Å². The van der Waals surface area contributed by atoms with Crippen molar-refractivity contribution in [2.45, 2.75) is 78.0 Å². The molecule has 0 aliphatic carbocycles. The summed E-state index contributed by atoms with van der Waals surface area (Å²) in [5.41, 5.74) is 12.1. The highest BCUT2D eigenvalue weighted by molar-refractivity contribution is 5.93. The van der Waals surface area contributed by atoms with Gasteiger partial charge in [-0.1, -0.05) is 45.9 Å². The van der Waals surface area contributed by atoms with Crippen molar-refractivity contribution < 1.29 is 18.8 Å². The largest absolute Gasteiger partial charge is 0.423 e. The summed E-state index contributed by atoms with van der Waals surface area (Å²) in [6.45, 7) is 8.11. The Bertz CT molecular complexity index is 1110. The maximum absolute atomic E-state index is 13.2. The van der Waals surface area contributed by atoms with Gasteiger partial charge in [0.1, 0.15) is 17.7 Å². The van der Waals surface area contributed by atoms with Gasteiger partial charge in [-0.2, -0.15) is 0 Å². The number of carbonyl (C=O) groups excluding carboxylic acids is 3. The molecule has 0 fully saturated rings. The predicted molar refractivity (Wildman–Crippen MR) is 143 cm³/mol. The van der Waals surface area contributed by atoms with Crippen LogP contribution in [0.2, 0.25) is 0 Å². The number of hydrogen-bond donors (Lipinski definition) is 5. The smallest absolute Gasteiger partial charge is 0.336 e. The van der Waals surface area contributed by atoms with E-state index in [0.717, 1.165) is 0 Å². The van der Waals surface area contributed by atoms with Crippen molar-refractivity contribution in [3.8, 4) is 0 Å². The van der Waals surface area contributed by atoms with Crippen LogP contribution in [0.1, 0.15) is 58.9 Å². The molecular formula is C27H41N5O5. The Hall–Kier alpha value is -3.24. The van der Waals surface area contributed by atoms with E-state index in [9.17, 15) is 19.2 Å². The molecule has 0 spiro atoms. The van der Waals surface area contributed by atoms with E-state index in [1.54, 1.807) is 18.2 Å². The average Bonchev–Trinajstić information content (AvgIpc) is 2.85. The summed E-state index contributed by atoms with van der Waals surface area (Å²) in [6.07, 6.45) is 2.09. The molecule has 1 aromatic heterocycles. The first-order chi connectivity index (χ1) is 17.5. The molecule has 10 heteroatoms. The van der Waals surface area contributed by atoms with E-state index >= 15 is 0 Å². The van der Waals surface area contributed by atoms with Crippen molar-refractivity contribution in [2.75, 3.05) is 6.54 Å². The van der Waals surface area contributed by atoms with Gasteiger partial charge in [0.25, 0.3) is 0 Å². The van der Waals surface area contributed by atoms with Gasteiger partial charge in [0.05, 0.1) is 6.04 Å². The van der Waals surface area contributed by atoms with Crippen LogP contribution in [-0.2, 0) is 20.9 Å². The standard InChI is InChI=1S/C27H41N5O5/c1-16(2)13-21(32-27(36)24(29)17(3)4)26(35)31-20(10-7-8-12-28)25(34)30-15-18-14-23(33)37-22-11-6-5-9-19(18)22/h5-6,9,11,14,16-17,20-21,24H,7-8,10,12-13,15,28-29H2,1-4H3,(H,30,34)(H,31,35)(H,32,36)/t20-,21-,24+/m0/s1. The molecule has 0 radical (unpaired) electrons. The second kappa shape index (κ2) is 14.5. The minimum Gasteiger partial charge on any atom is -0.423 e. The highest BCUT2D eigenvalue weighted by Gasteiger charge is 2.29. The van der Waals surface area contributed by atoms with Gasteiger partial charge in [0.2, 0.25) is 17.7 Å². The molecule has 7 N–H and O–H groups in total. The highest BCUT2D eigenvalue weighted by Crippen LogP contribution is 2.16. The number of nitrogens with one attached hydrogen (secondary N) is 3. The second-order valence-electron chi connectivity index (χ2n) is 10.1. The fourth-order valence-electron chi connectivity index (χ4n) is 3.94. The Morgan fingerprint density at radius 2 is 1.62 bits per heavy atom. The molecule has 3 amide bonds. The van der Waals surface area contributed by atoms with Crippen LogP contribution >= 0.6 is 0 Å². The maximum atomic E-state index is 13.2. The number of nitrogens with two attached hydrogens (primary N) is 2. The molecule has 0 aliphatic heterocycles. The molecular weight excluding hydrogens is 474 g/mol. The molecule has 3 atom stereocenters. The van der Waals surface area contributed by atoms with E-state index in [0.29, 0.717) is 48.8 Å². The van der Waals surface area contributed by atoms with E-state index in [1.807, 2.05) is 33.8 Å². The summed E-state index contributed by atoms with van der Waals surface area (Å²) in [5, 5.41) is 9.11. The first-order valence-electron chi connectivity index (χ1n) is 12.9. The molecule has 1 heterocycles. The van der Waals surface area contributed by atoms with Gasteiger partial charge >= 0.3 is 5.63 Å². The molecule has 10 nitrogen and oxygen atoms in total. The monoisotopic (exact) mass is 515 g/mol. The quantitative estimate of drug-likeness (QED) is 0.188. The Balaban J connectivity index is 2.16. The SMILES string of the molecule is CC(C)C[C@H](NC(=O)[C@H](N)C(C)C)C(=O)N[C@@H](CCCCN)C(=O)NCc1cc(=O)oc2ccccc12. The van der Waals surface area contributed by atoms with E-state index < -0.39 is 41.5 Å². The zero-order valence-electron chi connectivity index (χ0n) is 22.2. The van der Waals surface area contributed by atoms with Gasteiger partial charge in [-0.3, -0.25) is 14.4 Å². The summed E-state index contributed by atoms with van der Waals surface area (Å²) in [7, 11) is 0. The fraction of sp³-hybridized carbons (Fsp3) is 0.556. The number of unbranched alkanes of at least 4 members (excludes halogenated alkanes) is 1. The fourth-order valence-corrected chi connectivity index (χ4v) is 3.94. The lowest BCUT2D eigenvalue weighted by molar-refractivity contribution is -0.133. The third-order valence-corrected chi connectivity index (χ3v) is 6.13. The predicted octanol–water partition coefficient (Wildman–Crippen LogP) is 1.54. The summed E-state index contributed by atoms with van der Waals surface area (Å²) >= 11 is 0. The van der Waals surface area contributed by atoms with Crippen LogP contribution in [0, 0.1) is 11.8 Å². The molecule has 0 saturated carbocycles. The molecule has 204 valence electrons. The van der Waals surface area contributed by atoms with Crippen LogP contribution < -0.4 is 33.0 Å². The number of hydrogen-bond acceptors (Lipinski definition) is 7. The lowest BCUT2D eigenvalue weighted by Crippen LogP contribution is -2.56. The van der Waals surface area contributed by atoms with Gasteiger partial charge in [0.15, 0.2) is 0 Å². The first-order valence-corrected chi connectivity index (χ1v) is 12.9. The normalized spacial score (nSPS) is 13.8. The molecule has 1 aromatic carbocycles. The molecule has 0 bridgehead atoms. The van der Waals surface area contributed by atoms with Crippen LogP contribution in [-0.4, -0.2) is 42.4 Å². The lowest BCUT2D eigenvalue weighted by atomic mass is 9.99. The Labute approximate surface area is 217 Å².